The van der Waals surface area contributed by atoms with Gasteiger partial charge in [0.05, 0.1) is 5.69 Å². The van der Waals surface area contributed by atoms with Crippen LogP contribution in [-0.4, -0.2) is 10.2 Å². The van der Waals surface area contributed by atoms with Gasteiger partial charge in [0.1, 0.15) is 5.82 Å². The summed E-state index contributed by atoms with van der Waals surface area (Å²) in [6.45, 7) is 5.52. The van der Waals surface area contributed by atoms with Gasteiger partial charge in [0.2, 0.25) is 0 Å². The van der Waals surface area contributed by atoms with Gasteiger partial charge in [0.15, 0.2) is 5.15 Å². The van der Waals surface area contributed by atoms with Crippen LogP contribution in [0.5, 0.6) is 0 Å². The predicted molar refractivity (Wildman–Crippen MR) is 66.6 cm³/mol. The monoisotopic (exact) mass is 250 g/mol. The molecule has 0 aliphatic carbocycles. The molecule has 0 radical (unpaired) electrons. The van der Waals surface area contributed by atoms with Crippen LogP contribution in [0.2, 0.25) is 5.15 Å². The summed E-state index contributed by atoms with van der Waals surface area (Å²) in [5.41, 5.74) is 3.82. The Morgan fingerprint density at radius 1 is 1.00 bits per heavy atom. The van der Waals surface area contributed by atoms with Gasteiger partial charge in [0, 0.05) is 5.56 Å². The summed E-state index contributed by atoms with van der Waals surface area (Å²) in [5.74, 6) is -0.240. The van der Waals surface area contributed by atoms with Crippen molar-refractivity contribution >= 4 is 11.6 Å². The third kappa shape index (κ3) is 2.03. The lowest BCUT2D eigenvalue weighted by molar-refractivity contribution is 0.619. The SMILES string of the molecule is Cc1c(F)cccc1-c1nnc(Cl)c(C)c1C. The summed E-state index contributed by atoms with van der Waals surface area (Å²) in [4.78, 5) is 0. The summed E-state index contributed by atoms with van der Waals surface area (Å²) in [6.07, 6.45) is 0. The number of hydrogen-bond donors (Lipinski definition) is 0. The summed E-state index contributed by atoms with van der Waals surface area (Å²) in [6, 6.07) is 4.94. The van der Waals surface area contributed by atoms with E-state index in [1.54, 1.807) is 13.0 Å². The Morgan fingerprint density at radius 2 is 1.71 bits per heavy atom. The van der Waals surface area contributed by atoms with Gasteiger partial charge in [-0.2, -0.15) is 0 Å². The van der Waals surface area contributed by atoms with Crippen molar-refractivity contribution in [2.75, 3.05) is 0 Å². The van der Waals surface area contributed by atoms with Crippen LogP contribution in [0, 0.1) is 26.6 Å². The second-order valence-electron chi connectivity index (χ2n) is 4.00. The van der Waals surface area contributed by atoms with Gasteiger partial charge in [-0.25, -0.2) is 4.39 Å². The van der Waals surface area contributed by atoms with E-state index in [-0.39, 0.29) is 5.82 Å². The molecule has 0 saturated carbocycles. The highest BCUT2D eigenvalue weighted by molar-refractivity contribution is 6.30. The first kappa shape index (κ1) is 12.0. The van der Waals surface area contributed by atoms with Gasteiger partial charge in [-0.1, -0.05) is 23.7 Å². The van der Waals surface area contributed by atoms with Crippen molar-refractivity contribution in [1.29, 1.82) is 0 Å². The molecule has 0 aliphatic rings. The Labute approximate surface area is 104 Å². The highest BCUT2D eigenvalue weighted by Crippen LogP contribution is 2.28. The van der Waals surface area contributed by atoms with Gasteiger partial charge in [-0.3, -0.25) is 0 Å². The van der Waals surface area contributed by atoms with Crippen LogP contribution in [0.15, 0.2) is 18.2 Å². The van der Waals surface area contributed by atoms with Gasteiger partial charge < -0.3 is 0 Å². The van der Waals surface area contributed by atoms with Crippen molar-refractivity contribution in [3.05, 3.63) is 45.9 Å². The van der Waals surface area contributed by atoms with Crippen molar-refractivity contribution in [2.45, 2.75) is 20.8 Å². The topological polar surface area (TPSA) is 25.8 Å². The van der Waals surface area contributed by atoms with Crippen molar-refractivity contribution in [2.24, 2.45) is 0 Å². The molecule has 0 unspecified atom stereocenters. The minimum absolute atomic E-state index is 0.240. The first-order chi connectivity index (χ1) is 8.02. The van der Waals surface area contributed by atoms with E-state index in [9.17, 15) is 4.39 Å². The Balaban J connectivity index is 2.69. The van der Waals surface area contributed by atoms with Crippen molar-refractivity contribution < 1.29 is 4.39 Å². The summed E-state index contributed by atoms with van der Waals surface area (Å²) < 4.78 is 13.5. The minimum Gasteiger partial charge on any atom is -0.207 e. The van der Waals surface area contributed by atoms with E-state index in [4.69, 9.17) is 11.6 Å². The molecule has 2 aromatic rings. The smallest absolute Gasteiger partial charge is 0.154 e. The van der Waals surface area contributed by atoms with E-state index in [1.807, 2.05) is 19.9 Å². The van der Waals surface area contributed by atoms with E-state index in [2.05, 4.69) is 10.2 Å². The second-order valence-corrected chi connectivity index (χ2v) is 4.36. The average Bonchev–Trinajstić information content (AvgIpc) is 2.31. The fourth-order valence-corrected chi connectivity index (χ4v) is 1.88. The largest absolute Gasteiger partial charge is 0.207 e. The number of benzene rings is 1. The Kier molecular flexibility index (Phi) is 3.11. The van der Waals surface area contributed by atoms with Gasteiger partial charge in [-0.05, 0) is 43.5 Å². The quantitative estimate of drug-likeness (QED) is 0.768. The molecular formula is C13H12ClFN2. The molecule has 1 heterocycles. The molecule has 1 aromatic carbocycles. The minimum atomic E-state index is -0.240. The molecule has 1 aromatic heterocycles. The van der Waals surface area contributed by atoms with Gasteiger partial charge >= 0.3 is 0 Å². The molecule has 0 atom stereocenters. The third-order valence-corrected chi connectivity index (χ3v) is 3.35. The molecule has 0 N–H and O–H groups in total. The first-order valence-corrected chi connectivity index (χ1v) is 5.65. The zero-order valence-corrected chi connectivity index (χ0v) is 10.6. The van der Waals surface area contributed by atoms with E-state index < -0.39 is 0 Å². The first-order valence-electron chi connectivity index (χ1n) is 5.27. The number of halogens is 2. The maximum Gasteiger partial charge on any atom is 0.154 e. The third-order valence-electron chi connectivity index (χ3n) is 2.99. The fourth-order valence-electron chi connectivity index (χ4n) is 1.70. The molecule has 2 nitrogen and oxygen atoms in total. The molecule has 2 rings (SSSR count). The molecule has 0 spiro atoms. The van der Waals surface area contributed by atoms with Crippen LogP contribution in [0.1, 0.15) is 16.7 Å². The number of nitrogens with zero attached hydrogens (tertiary/aromatic N) is 2. The molecule has 88 valence electrons. The second kappa shape index (κ2) is 4.41. The van der Waals surface area contributed by atoms with Crippen LogP contribution >= 0.6 is 11.6 Å². The molecule has 0 fully saturated rings. The zero-order chi connectivity index (χ0) is 12.6. The Hall–Kier alpha value is -1.48. The molecule has 0 saturated heterocycles. The van der Waals surface area contributed by atoms with E-state index in [0.717, 1.165) is 16.7 Å². The van der Waals surface area contributed by atoms with Crippen LogP contribution < -0.4 is 0 Å². The molecule has 0 amide bonds. The standard InChI is InChI=1S/C13H12ClFN2/c1-7-8(2)13(14)17-16-12(7)10-5-4-6-11(15)9(10)3/h4-6H,1-3H3. The Morgan fingerprint density at radius 3 is 2.41 bits per heavy atom. The van der Waals surface area contributed by atoms with Crippen LogP contribution in [0.3, 0.4) is 0 Å². The lowest BCUT2D eigenvalue weighted by Crippen LogP contribution is -1.99. The molecular weight excluding hydrogens is 239 g/mol. The van der Waals surface area contributed by atoms with E-state index in [1.165, 1.54) is 6.07 Å². The Bertz CT molecular complexity index is 582. The van der Waals surface area contributed by atoms with E-state index in [0.29, 0.717) is 16.4 Å². The highest BCUT2D eigenvalue weighted by Gasteiger charge is 2.13. The number of hydrogen-bond acceptors (Lipinski definition) is 2. The van der Waals surface area contributed by atoms with E-state index >= 15 is 0 Å². The van der Waals surface area contributed by atoms with Crippen LogP contribution in [0.4, 0.5) is 4.39 Å². The van der Waals surface area contributed by atoms with Gasteiger partial charge in [-0.15, -0.1) is 10.2 Å². The predicted octanol–water partition coefficient (Wildman–Crippen LogP) is 3.86. The molecule has 4 heteroatoms. The summed E-state index contributed by atoms with van der Waals surface area (Å²) >= 11 is 5.90. The van der Waals surface area contributed by atoms with Gasteiger partial charge in [0.25, 0.3) is 0 Å². The maximum absolute atomic E-state index is 13.5. The fraction of sp³-hybridized carbons (Fsp3) is 0.231. The lowest BCUT2D eigenvalue weighted by atomic mass is 10.00. The van der Waals surface area contributed by atoms with Crippen LogP contribution in [-0.2, 0) is 0 Å². The summed E-state index contributed by atoms with van der Waals surface area (Å²) in [5, 5.41) is 8.33. The normalized spacial score (nSPS) is 10.6. The molecule has 17 heavy (non-hydrogen) atoms. The summed E-state index contributed by atoms with van der Waals surface area (Å²) in [7, 11) is 0. The molecule has 0 bridgehead atoms. The number of aromatic nitrogens is 2. The lowest BCUT2D eigenvalue weighted by Gasteiger charge is -2.10. The van der Waals surface area contributed by atoms with Crippen molar-refractivity contribution in [1.82, 2.24) is 10.2 Å². The zero-order valence-electron chi connectivity index (χ0n) is 9.88. The number of rotatable bonds is 1. The van der Waals surface area contributed by atoms with Crippen LogP contribution in [0.25, 0.3) is 11.3 Å². The van der Waals surface area contributed by atoms with Crippen molar-refractivity contribution in [3.63, 3.8) is 0 Å². The average molecular weight is 251 g/mol. The maximum atomic E-state index is 13.5. The highest BCUT2D eigenvalue weighted by atomic mass is 35.5. The molecule has 0 aliphatic heterocycles. The van der Waals surface area contributed by atoms with Crippen molar-refractivity contribution in [3.8, 4) is 11.3 Å².